The van der Waals surface area contributed by atoms with Crippen LogP contribution in [0, 0.1) is 0 Å². The molecule has 25 heavy (non-hydrogen) atoms. The fourth-order valence-corrected chi connectivity index (χ4v) is 3.06. The minimum Gasteiger partial charge on any atom is -0.487 e. The maximum absolute atomic E-state index is 12.3. The Kier molecular flexibility index (Phi) is 6.04. The summed E-state index contributed by atoms with van der Waals surface area (Å²) in [6.45, 7) is 0.937. The molecular formula is C19H17ClN2O2S. The van der Waals surface area contributed by atoms with Crippen molar-refractivity contribution in [1.29, 1.82) is 0 Å². The van der Waals surface area contributed by atoms with Gasteiger partial charge in [-0.05, 0) is 42.3 Å². The standard InChI is InChI=1S/C19H17ClN2O2S/c20-16-5-1-3-14(9-16)7-8-21-19(23)15-4-2-6-18(10-15)24-11-17-12-25-13-22-17/h1-6,9-10,12-13H,7-8,11H2,(H,21,23). The van der Waals surface area contributed by atoms with Crippen LogP contribution >= 0.6 is 22.9 Å². The van der Waals surface area contributed by atoms with Gasteiger partial charge in [0.1, 0.15) is 12.4 Å². The highest BCUT2D eigenvalue weighted by Crippen LogP contribution is 2.15. The lowest BCUT2D eigenvalue weighted by Gasteiger charge is -2.08. The van der Waals surface area contributed by atoms with E-state index in [0.717, 1.165) is 17.7 Å². The van der Waals surface area contributed by atoms with Crippen LogP contribution in [0.2, 0.25) is 5.02 Å². The van der Waals surface area contributed by atoms with E-state index in [1.165, 1.54) is 11.3 Å². The van der Waals surface area contributed by atoms with Crippen molar-refractivity contribution >= 4 is 28.8 Å². The van der Waals surface area contributed by atoms with Crippen LogP contribution in [0.3, 0.4) is 0 Å². The van der Waals surface area contributed by atoms with E-state index in [-0.39, 0.29) is 5.91 Å². The molecular weight excluding hydrogens is 356 g/mol. The molecule has 2 aromatic carbocycles. The van der Waals surface area contributed by atoms with Gasteiger partial charge in [-0.2, -0.15) is 0 Å². The lowest BCUT2D eigenvalue weighted by molar-refractivity contribution is 0.0953. The molecule has 0 aliphatic carbocycles. The SMILES string of the molecule is O=C(NCCc1cccc(Cl)c1)c1cccc(OCc2cscn2)c1. The summed E-state index contributed by atoms with van der Waals surface area (Å²) in [6, 6.07) is 14.8. The van der Waals surface area contributed by atoms with Crippen LogP contribution in [0.4, 0.5) is 0 Å². The minimum atomic E-state index is -0.124. The van der Waals surface area contributed by atoms with E-state index in [1.807, 2.05) is 41.8 Å². The van der Waals surface area contributed by atoms with Gasteiger partial charge in [-0.3, -0.25) is 4.79 Å². The number of thiazole rings is 1. The Labute approximate surface area is 155 Å². The van der Waals surface area contributed by atoms with Gasteiger partial charge in [0.2, 0.25) is 0 Å². The Morgan fingerprint density at radius 2 is 2.08 bits per heavy atom. The van der Waals surface area contributed by atoms with Crippen LogP contribution < -0.4 is 10.1 Å². The number of hydrogen-bond acceptors (Lipinski definition) is 4. The number of carbonyl (C=O) groups excluding carboxylic acids is 1. The van der Waals surface area contributed by atoms with Gasteiger partial charge in [0.25, 0.3) is 5.91 Å². The van der Waals surface area contributed by atoms with Crippen LogP contribution in [0.25, 0.3) is 0 Å². The van der Waals surface area contributed by atoms with E-state index < -0.39 is 0 Å². The Hall–Kier alpha value is -2.37. The first-order chi connectivity index (χ1) is 12.2. The van der Waals surface area contributed by atoms with E-state index in [4.69, 9.17) is 16.3 Å². The smallest absolute Gasteiger partial charge is 0.251 e. The zero-order chi connectivity index (χ0) is 17.5. The highest BCUT2D eigenvalue weighted by molar-refractivity contribution is 7.07. The van der Waals surface area contributed by atoms with Gasteiger partial charge in [0.05, 0.1) is 11.2 Å². The number of nitrogens with zero attached hydrogens (tertiary/aromatic N) is 1. The van der Waals surface area contributed by atoms with E-state index in [2.05, 4.69) is 10.3 Å². The summed E-state index contributed by atoms with van der Waals surface area (Å²) in [7, 11) is 0. The van der Waals surface area contributed by atoms with Crippen molar-refractivity contribution in [3.05, 3.63) is 81.3 Å². The fourth-order valence-electron chi connectivity index (χ4n) is 2.31. The molecule has 0 radical (unpaired) electrons. The largest absolute Gasteiger partial charge is 0.487 e. The molecule has 3 aromatic rings. The van der Waals surface area contributed by atoms with Gasteiger partial charge < -0.3 is 10.1 Å². The van der Waals surface area contributed by atoms with E-state index in [0.29, 0.717) is 29.5 Å². The molecule has 128 valence electrons. The number of aromatic nitrogens is 1. The summed E-state index contributed by atoms with van der Waals surface area (Å²) in [5, 5.41) is 5.56. The number of benzene rings is 2. The van der Waals surface area contributed by atoms with Gasteiger partial charge in [-0.15, -0.1) is 11.3 Å². The van der Waals surface area contributed by atoms with E-state index >= 15 is 0 Å². The number of ether oxygens (including phenoxy) is 1. The minimum absolute atomic E-state index is 0.124. The lowest BCUT2D eigenvalue weighted by atomic mass is 10.1. The van der Waals surface area contributed by atoms with Gasteiger partial charge in [-0.25, -0.2) is 4.98 Å². The van der Waals surface area contributed by atoms with Gasteiger partial charge in [-0.1, -0.05) is 29.8 Å². The summed E-state index contributed by atoms with van der Waals surface area (Å²) in [5.41, 5.74) is 4.30. The zero-order valence-electron chi connectivity index (χ0n) is 13.4. The van der Waals surface area contributed by atoms with Gasteiger partial charge >= 0.3 is 0 Å². The molecule has 0 unspecified atom stereocenters. The normalized spacial score (nSPS) is 10.4. The number of hydrogen-bond donors (Lipinski definition) is 1. The molecule has 1 amide bonds. The molecule has 1 aromatic heterocycles. The highest BCUT2D eigenvalue weighted by Gasteiger charge is 2.07. The fraction of sp³-hybridized carbons (Fsp3) is 0.158. The van der Waals surface area contributed by atoms with Crippen molar-refractivity contribution in [2.24, 2.45) is 0 Å². The van der Waals surface area contributed by atoms with E-state index in [1.54, 1.807) is 17.6 Å². The Bertz CT molecular complexity index is 837. The Morgan fingerprint density at radius 1 is 1.20 bits per heavy atom. The third kappa shape index (κ3) is 5.31. The maximum Gasteiger partial charge on any atom is 0.251 e. The predicted molar refractivity (Wildman–Crippen MR) is 100 cm³/mol. The van der Waals surface area contributed by atoms with Crippen molar-refractivity contribution in [3.63, 3.8) is 0 Å². The molecule has 0 atom stereocenters. The van der Waals surface area contributed by atoms with Crippen molar-refractivity contribution in [2.45, 2.75) is 13.0 Å². The average molecular weight is 373 g/mol. The van der Waals surface area contributed by atoms with E-state index in [9.17, 15) is 4.79 Å². The van der Waals surface area contributed by atoms with Gasteiger partial charge in [0.15, 0.2) is 0 Å². The molecule has 0 aliphatic rings. The number of rotatable bonds is 7. The second-order valence-corrected chi connectivity index (χ2v) is 6.59. The molecule has 1 heterocycles. The molecule has 0 saturated carbocycles. The number of nitrogens with one attached hydrogen (secondary N) is 1. The first-order valence-electron chi connectivity index (χ1n) is 7.83. The molecule has 0 saturated heterocycles. The third-order valence-corrected chi connectivity index (χ3v) is 4.43. The van der Waals surface area contributed by atoms with Crippen molar-refractivity contribution in [1.82, 2.24) is 10.3 Å². The van der Waals surface area contributed by atoms with Crippen molar-refractivity contribution in [3.8, 4) is 5.75 Å². The van der Waals surface area contributed by atoms with Crippen molar-refractivity contribution < 1.29 is 9.53 Å². The van der Waals surface area contributed by atoms with Gasteiger partial charge in [0, 0.05) is 22.5 Å². The molecule has 6 heteroatoms. The summed E-state index contributed by atoms with van der Waals surface area (Å²) < 4.78 is 5.68. The maximum atomic E-state index is 12.3. The molecule has 4 nitrogen and oxygen atoms in total. The average Bonchev–Trinajstić information content (AvgIpc) is 3.14. The molecule has 0 aliphatic heterocycles. The molecule has 0 bridgehead atoms. The second kappa shape index (κ2) is 8.65. The Morgan fingerprint density at radius 3 is 2.88 bits per heavy atom. The second-order valence-electron chi connectivity index (χ2n) is 5.43. The predicted octanol–water partition coefficient (Wildman–Crippen LogP) is 4.35. The van der Waals surface area contributed by atoms with Crippen LogP contribution in [0.5, 0.6) is 5.75 Å². The number of amides is 1. The first-order valence-corrected chi connectivity index (χ1v) is 9.15. The molecule has 3 rings (SSSR count). The molecule has 0 spiro atoms. The molecule has 0 fully saturated rings. The van der Waals surface area contributed by atoms with Crippen LogP contribution in [0.15, 0.2) is 59.4 Å². The summed E-state index contributed by atoms with van der Waals surface area (Å²) >= 11 is 7.49. The topological polar surface area (TPSA) is 51.2 Å². The Balaban J connectivity index is 1.52. The van der Waals surface area contributed by atoms with Crippen LogP contribution in [0.1, 0.15) is 21.6 Å². The zero-order valence-corrected chi connectivity index (χ0v) is 15.0. The lowest BCUT2D eigenvalue weighted by Crippen LogP contribution is -2.25. The monoisotopic (exact) mass is 372 g/mol. The highest BCUT2D eigenvalue weighted by atomic mass is 35.5. The number of carbonyl (C=O) groups is 1. The first kappa shape index (κ1) is 17.5. The van der Waals surface area contributed by atoms with Crippen molar-refractivity contribution in [2.75, 3.05) is 6.54 Å². The van der Waals surface area contributed by atoms with Crippen LogP contribution in [-0.2, 0) is 13.0 Å². The summed E-state index contributed by atoms with van der Waals surface area (Å²) in [5.74, 6) is 0.525. The number of halogens is 1. The quantitative estimate of drug-likeness (QED) is 0.670. The molecule has 1 N–H and O–H groups in total. The summed E-state index contributed by atoms with van der Waals surface area (Å²) in [6.07, 6.45) is 0.728. The third-order valence-electron chi connectivity index (χ3n) is 3.55. The summed E-state index contributed by atoms with van der Waals surface area (Å²) in [4.78, 5) is 16.5. The van der Waals surface area contributed by atoms with Crippen LogP contribution in [-0.4, -0.2) is 17.4 Å².